The van der Waals surface area contributed by atoms with Crippen LogP contribution in [-0.2, 0) is 18.3 Å². The van der Waals surface area contributed by atoms with Gasteiger partial charge < -0.3 is 9.52 Å². The number of allylic oxidation sites excluding steroid dienone is 1. The summed E-state index contributed by atoms with van der Waals surface area (Å²) in [5.41, 5.74) is 5.33. The molecule has 0 spiro atoms. The lowest BCUT2D eigenvalue weighted by atomic mass is 9.64. The van der Waals surface area contributed by atoms with Gasteiger partial charge in [0.2, 0.25) is 0 Å². The van der Waals surface area contributed by atoms with E-state index in [1.807, 2.05) is 12.3 Å². The second-order valence-corrected chi connectivity index (χ2v) is 7.77. The molecule has 0 fully saturated rings. The summed E-state index contributed by atoms with van der Waals surface area (Å²) in [5, 5.41) is 10.2. The molecule has 0 aliphatic heterocycles. The number of furan rings is 1. The lowest BCUT2D eigenvalue weighted by molar-refractivity contribution is 0.217. The van der Waals surface area contributed by atoms with Crippen LogP contribution in [0.2, 0.25) is 0 Å². The summed E-state index contributed by atoms with van der Waals surface area (Å²) >= 11 is 0. The molecule has 22 heavy (non-hydrogen) atoms. The maximum absolute atomic E-state index is 10.2. The first-order valence-corrected chi connectivity index (χ1v) is 8.49. The number of aliphatic hydroxyl groups excluding tert-OH is 1. The molecule has 1 unspecified atom stereocenters. The molecular formula is C20H28O2. The summed E-state index contributed by atoms with van der Waals surface area (Å²) in [5.74, 6) is 1.76. The van der Waals surface area contributed by atoms with Gasteiger partial charge in [0.25, 0.3) is 0 Å². The third kappa shape index (κ3) is 2.81. The van der Waals surface area contributed by atoms with Crippen molar-refractivity contribution < 1.29 is 9.52 Å². The highest BCUT2D eigenvalue weighted by atomic mass is 16.3. The highest BCUT2D eigenvalue weighted by Gasteiger charge is 2.39. The minimum atomic E-state index is -0.417. The zero-order valence-corrected chi connectivity index (χ0v) is 14.1. The molecule has 0 saturated heterocycles. The van der Waals surface area contributed by atoms with Crippen LogP contribution in [0.1, 0.15) is 63.3 Å². The van der Waals surface area contributed by atoms with E-state index in [0.29, 0.717) is 12.3 Å². The Morgan fingerprint density at radius 2 is 2.00 bits per heavy atom. The molecule has 2 bridgehead atoms. The topological polar surface area (TPSA) is 33.4 Å². The fourth-order valence-electron chi connectivity index (χ4n) is 4.40. The molecule has 2 nitrogen and oxygen atoms in total. The molecule has 2 atom stereocenters. The minimum Gasteiger partial charge on any atom is -0.468 e. The molecule has 0 radical (unpaired) electrons. The van der Waals surface area contributed by atoms with Crippen molar-refractivity contribution >= 4 is 0 Å². The maximum Gasteiger partial charge on any atom is 0.111 e. The summed E-state index contributed by atoms with van der Waals surface area (Å²) < 4.78 is 5.93. The predicted octanol–water partition coefficient (Wildman–Crippen LogP) is 4.71. The monoisotopic (exact) mass is 300 g/mol. The molecule has 3 rings (SSSR count). The average molecular weight is 300 g/mol. The van der Waals surface area contributed by atoms with Gasteiger partial charge in [0.15, 0.2) is 0 Å². The van der Waals surface area contributed by atoms with E-state index in [1.54, 1.807) is 0 Å². The molecule has 0 amide bonds. The van der Waals surface area contributed by atoms with Crippen molar-refractivity contribution in [3.63, 3.8) is 0 Å². The first kappa shape index (κ1) is 15.6. The van der Waals surface area contributed by atoms with Crippen LogP contribution in [0.5, 0.6) is 0 Å². The number of aryl methyl sites for hydroxylation is 1. The van der Waals surface area contributed by atoms with E-state index in [2.05, 4.69) is 27.4 Å². The second-order valence-electron chi connectivity index (χ2n) is 7.77. The summed E-state index contributed by atoms with van der Waals surface area (Å²) in [6.45, 7) is 11.0. The van der Waals surface area contributed by atoms with Gasteiger partial charge in [-0.25, -0.2) is 0 Å². The van der Waals surface area contributed by atoms with E-state index in [-0.39, 0.29) is 5.41 Å². The average Bonchev–Trinajstić information content (AvgIpc) is 2.80. The summed E-state index contributed by atoms with van der Waals surface area (Å²) in [4.78, 5) is 0. The van der Waals surface area contributed by atoms with Gasteiger partial charge in [-0.3, -0.25) is 0 Å². The van der Waals surface area contributed by atoms with Gasteiger partial charge in [0, 0.05) is 12.0 Å². The van der Waals surface area contributed by atoms with Gasteiger partial charge >= 0.3 is 0 Å². The van der Waals surface area contributed by atoms with Crippen LogP contribution in [0.3, 0.4) is 0 Å². The smallest absolute Gasteiger partial charge is 0.111 e. The highest BCUT2D eigenvalue weighted by molar-refractivity contribution is 5.40. The number of rotatable bonds is 0. The Morgan fingerprint density at radius 1 is 1.27 bits per heavy atom. The zero-order valence-electron chi connectivity index (χ0n) is 14.1. The highest BCUT2D eigenvalue weighted by Crippen LogP contribution is 2.46. The van der Waals surface area contributed by atoms with E-state index >= 15 is 0 Å². The van der Waals surface area contributed by atoms with Crippen LogP contribution >= 0.6 is 0 Å². The zero-order chi connectivity index (χ0) is 15.9. The van der Waals surface area contributed by atoms with Gasteiger partial charge in [-0.05, 0) is 55.9 Å². The van der Waals surface area contributed by atoms with Crippen LogP contribution in [0.4, 0.5) is 0 Å². The van der Waals surface area contributed by atoms with Crippen molar-refractivity contribution in [3.8, 4) is 0 Å². The van der Waals surface area contributed by atoms with E-state index in [9.17, 15) is 5.11 Å². The van der Waals surface area contributed by atoms with E-state index in [0.717, 1.165) is 31.4 Å². The molecule has 2 aliphatic rings. The van der Waals surface area contributed by atoms with Gasteiger partial charge in [-0.15, -0.1) is 0 Å². The minimum absolute atomic E-state index is 0.161. The van der Waals surface area contributed by atoms with E-state index in [1.165, 1.54) is 28.7 Å². The normalized spacial score (nSPS) is 30.9. The first-order valence-electron chi connectivity index (χ1n) is 8.49. The lowest BCUT2D eigenvalue weighted by Crippen LogP contribution is -2.34. The Bertz CT molecular complexity index is 603. The van der Waals surface area contributed by atoms with Crippen molar-refractivity contribution in [2.45, 2.75) is 70.8 Å². The SMILES string of the molecule is C=C1CC[C@@H]2CCc3coc(c3C2(C)C)C/C(C)=C/C(O)C1. The summed E-state index contributed by atoms with van der Waals surface area (Å²) in [6.07, 6.45) is 9.52. The van der Waals surface area contributed by atoms with Crippen LogP contribution in [0.25, 0.3) is 0 Å². The number of hydrogen-bond acceptors (Lipinski definition) is 2. The maximum atomic E-state index is 10.2. The lowest BCUT2D eigenvalue weighted by Gasteiger charge is -2.40. The molecule has 0 aromatic carbocycles. The number of aliphatic hydroxyl groups is 1. The Morgan fingerprint density at radius 3 is 2.77 bits per heavy atom. The van der Waals surface area contributed by atoms with Gasteiger partial charge in [-0.2, -0.15) is 0 Å². The molecule has 1 aromatic heterocycles. The molecule has 2 aliphatic carbocycles. The summed E-state index contributed by atoms with van der Waals surface area (Å²) in [6, 6.07) is 0. The third-order valence-electron chi connectivity index (χ3n) is 5.63. The first-order chi connectivity index (χ1) is 10.4. The van der Waals surface area contributed by atoms with Crippen LogP contribution < -0.4 is 0 Å². The van der Waals surface area contributed by atoms with Crippen LogP contribution in [0.15, 0.2) is 34.5 Å². The fourth-order valence-corrected chi connectivity index (χ4v) is 4.40. The van der Waals surface area contributed by atoms with Crippen LogP contribution in [0, 0.1) is 5.92 Å². The van der Waals surface area contributed by atoms with Gasteiger partial charge in [0.05, 0.1) is 12.4 Å². The van der Waals surface area contributed by atoms with E-state index < -0.39 is 6.10 Å². The molecule has 1 aromatic rings. The van der Waals surface area contributed by atoms with E-state index in [4.69, 9.17) is 4.42 Å². The molecule has 1 heterocycles. The standard InChI is InChI=1S/C20H28O2/c1-13-5-7-16-8-6-15-12-22-18(19(15)20(16,3)4)11-14(2)10-17(21)9-13/h10,12,16-17,21H,1,5-9,11H2,2-4H3/b14-10+/t16-,17?/m1/s1. The third-order valence-corrected chi connectivity index (χ3v) is 5.63. The number of fused-ring (bicyclic) bond motifs is 1. The molecule has 120 valence electrons. The molecular weight excluding hydrogens is 272 g/mol. The van der Waals surface area contributed by atoms with Crippen molar-refractivity contribution in [3.05, 3.63) is 47.0 Å². The second kappa shape index (κ2) is 5.73. The quantitative estimate of drug-likeness (QED) is 0.704. The fraction of sp³-hybridized carbons (Fsp3) is 0.600. The van der Waals surface area contributed by atoms with Crippen molar-refractivity contribution in [2.75, 3.05) is 0 Å². The Kier molecular flexibility index (Phi) is 4.07. The van der Waals surface area contributed by atoms with Crippen molar-refractivity contribution in [1.29, 1.82) is 0 Å². The Balaban J connectivity index is 2.04. The number of hydrogen-bond donors (Lipinski definition) is 1. The molecule has 0 saturated carbocycles. The molecule has 2 heteroatoms. The Labute approximate surface area is 133 Å². The van der Waals surface area contributed by atoms with Gasteiger partial charge in [0.1, 0.15) is 5.76 Å². The largest absolute Gasteiger partial charge is 0.468 e. The molecule has 1 N–H and O–H groups in total. The van der Waals surface area contributed by atoms with Crippen LogP contribution in [-0.4, -0.2) is 11.2 Å². The van der Waals surface area contributed by atoms with Crippen molar-refractivity contribution in [2.24, 2.45) is 5.92 Å². The summed E-state index contributed by atoms with van der Waals surface area (Å²) in [7, 11) is 0. The van der Waals surface area contributed by atoms with Crippen molar-refractivity contribution in [1.82, 2.24) is 0 Å². The van der Waals surface area contributed by atoms with Gasteiger partial charge in [-0.1, -0.05) is 37.6 Å². The Hall–Kier alpha value is -1.28. The predicted molar refractivity (Wildman–Crippen MR) is 90.0 cm³/mol.